The van der Waals surface area contributed by atoms with Crippen LogP contribution in [0.25, 0.3) is 0 Å². The van der Waals surface area contributed by atoms with Gasteiger partial charge in [0, 0.05) is 22.6 Å². The van der Waals surface area contributed by atoms with Gasteiger partial charge in [0.05, 0.1) is 23.3 Å². The number of imide groups is 1. The molecule has 6 unspecified atom stereocenters. The summed E-state index contributed by atoms with van der Waals surface area (Å²) in [4.78, 5) is 55.5. The van der Waals surface area contributed by atoms with Gasteiger partial charge in [-0.05, 0) is 54.4 Å². The lowest BCUT2D eigenvalue weighted by Crippen LogP contribution is -2.42. The van der Waals surface area contributed by atoms with E-state index in [0.717, 1.165) is 33.2 Å². The van der Waals surface area contributed by atoms with Crippen molar-refractivity contribution in [1.82, 2.24) is 9.88 Å². The van der Waals surface area contributed by atoms with E-state index < -0.39 is 17.8 Å². The number of benzene rings is 2. The fourth-order valence-electron chi connectivity index (χ4n) is 7.50. The van der Waals surface area contributed by atoms with Crippen molar-refractivity contribution in [3.8, 4) is 5.75 Å². The van der Waals surface area contributed by atoms with E-state index in [2.05, 4.69) is 48.3 Å². The predicted octanol–water partition coefficient (Wildman–Crippen LogP) is 4.27. The number of rotatable bonds is 7. The number of amides is 2. The number of aromatic amines is 1. The summed E-state index contributed by atoms with van der Waals surface area (Å²) < 4.78 is 6.03. The number of carbonyl (C=O) groups excluding carboxylic acids is 2. The minimum Gasteiger partial charge on any atom is -0.489 e. The monoisotopic (exact) mass is 576 g/mol. The lowest BCUT2D eigenvalue weighted by molar-refractivity contribution is -0.142. The van der Waals surface area contributed by atoms with Gasteiger partial charge in [-0.1, -0.05) is 53.3 Å². The van der Waals surface area contributed by atoms with Crippen molar-refractivity contribution >= 4 is 40.9 Å². The summed E-state index contributed by atoms with van der Waals surface area (Å²) in [6.45, 7) is 2.45. The van der Waals surface area contributed by atoms with Crippen LogP contribution in [-0.4, -0.2) is 44.6 Å². The van der Waals surface area contributed by atoms with Crippen molar-refractivity contribution in [1.29, 1.82) is 0 Å². The van der Waals surface area contributed by atoms with Crippen LogP contribution in [0.15, 0.2) is 58.4 Å². The van der Waals surface area contributed by atoms with Gasteiger partial charge in [-0.2, -0.15) is 0 Å². The van der Waals surface area contributed by atoms with Crippen molar-refractivity contribution in [3.05, 3.63) is 79.8 Å². The molecule has 8 nitrogen and oxygen atoms in total. The molecule has 7 atom stereocenters. The van der Waals surface area contributed by atoms with E-state index in [1.165, 1.54) is 21.8 Å². The number of aliphatic carboxylic acids is 1. The number of carbonyl (C=O) groups is 3. The average molecular weight is 577 g/mol. The molecule has 2 aliphatic heterocycles. The molecule has 2 saturated carbocycles. The normalized spacial score (nSPS) is 29.8. The predicted molar refractivity (Wildman–Crippen MR) is 149 cm³/mol. The molecule has 1 aromatic heterocycles. The first-order valence-electron chi connectivity index (χ1n) is 13.5. The SMILES string of the molecule is Cc1ccc(COc2ccc([C@H]3c4sc(=O)[nH]c4SC4C5CC(C6C(=O)N(CCC(=O)O)C(=O)C56)C43)cc2)cc1. The Kier molecular flexibility index (Phi) is 6.16. The first-order chi connectivity index (χ1) is 19.3. The maximum Gasteiger partial charge on any atom is 0.305 e. The minimum absolute atomic E-state index is 0.00611. The number of carboxylic acids is 1. The van der Waals surface area contributed by atoms with Gasteiger partial charge in [-0.3, -0.25) is 24.1 Å². The summed E-state index contributed by atoms with van der Waals surface area (Å²) >= 11 is 2.88. The Morgan fingerprint density at radius 2 is 1.73 bits per heavy atom. The van der Waals surface area contributed by atoms with Crippen molar-refractivity contribution < 1.29 is 24.2 Å². The molecule has 40 heavy (non-hydrogen) atoms. The molecule has 2 N–H and O–H groups in total. The van der Waals surface area contributed by atoms with Crippen LogP contribution in [0.5, 0.6) is 5.75 Å². The quantitative estimate of drug-likeness (QED) is 0.404. The smallest absolute Gasteiger partial charge is 0.305 e. The van der Waals surface area contributed by atoms with Crippen LogP contribution >= 0.6 is 23.1 Å². The maximum absolute atomic E-state index is 13.5. The molecule has 0 radical (unpaired) electrons. The molecule has 4 aliphatic rings. The highest BCUT2D eigenvalue weighted by Crippen LogP contribution is 2.68. The molecule has 2 bridgehead atoms. The molecule has 1 saturated heterocycles. The summed E-state index contributed by atoms with van der Waals surface area (Å²) in [6, 6.07) is 16.3. The van der Waals surface area contributed by atoms with Gasteiger partial charge >= 0.3 is 10.8 Å². The van der Waals surface area contributed by atoms with Crippen molar-refractivity contribution in [2.75, 3.05) is 6.54 Å². The molecule has 2 aromatic carbocycles. The number of nitrogens with zero attached hydrogens (tertiary/aromatic N) is 1. The largest absolute Gasteiger partial charge is 0.489 e. The zero-order chi connectivity index (χ0) is 27.7. The molecule has 2 aliphatic carbocycles. The molecular weight excluding hydrogens is 548 g/mol. The summed E-state index contributed by atoms with van der Waals surface area (Å²) in [5, 5.41) is 10.1. The van der Waals surface area contributed by atoms with Gasteiger partial charge in [0.2, 0.25) is 11.8 Å². The second kappa shape index (κ2) is 9.62. The lowest BCUT2D eigenvalue weighted by Gasteiger charge is -2.43. The third kappa shape index (κ3) is 4.03. The Labute approximate surface area is 238 Å². The van der Waals surface area contributed by atoms with Crippen molar-refractivity contribution in [2.45, 2.75) is 42.6 Å². The van der Waals surface area contributed by atoms with Crippen LogP contribution < -0.4 is 9.61 Å². The van der Waals surface area contributed by atoms with Gasteiger partial charge in [-0.15, -0.1) is 11.8 Å². The highest BCUT2D eigenvalue weighted by Gasteiger charge is 2.69. The van der Waals surface area contributed by atoms with Crippen LogP contribution in [0.3, 0.4) is 0 Å². The number of carboxylic acid groups (broad SMARTS) is 1. The Morgan fingerprint density at radius 1 is 1.02 bits per heavy atom. The van der Waals surface area contributed by atoms with Crippen LogP contribution in [0.2, 0.25) is 0 Å². The van der Waals surface area contributed by atoms with E-state index in [9.17, 15) is 19.2 Å². The lowest BCUT2D eigenvalue weighted by atomic mass is 9.68. The number of aromatic nitrogens is 1. The fourth-order valence-corrected chi connectivity index (χ4v) is 10.4. The maximum atomic E-state index is 13.5. The number of fused-ring (bicyclic) bond motifs is 9. The summed E-state index contributed by atoms with van der Waals surface area (Å²) in [5.74, 6) is -1.46. The molecule has 7 rings (SSSR count). The average Bonchev–Trinajstić information content (AvgIpc) is 3.66. The topological polar surface area (TPSA) is 117 Å². The number of thioether (sulfide) groups is 1. The van der Waals surface area contributed by atoms with E-state index in [0.29, 0.717) is 6.61 Å². The number of thiazole rings is 1. The Hall–Kier alpha value is -3.37. The van der Waals surface area contributed by atoms with Crippen LogP contribution in [-0.2, 0) is 21.0 Å². The first kappa shape index (κ1) is 25.6. The fraction of sp³-hybridized carbons (Fsp3) is 0.400. The molecule has 3 aromatic rings. The van der Waals surface area contributed by atoms with Gasteiger partial charge in [0.25, 0.3) is 0 Å². The molecular formula is C30H28N2O6S2. The number of hydrogen-bond acceptors (Lipinski definition) is 7. The zero-order valence-corrected chi connectivity index (χ0v) is 23.4. The number of aryl methyl sites for hydroxylation is 1. The number of ether oxygens (including phenoxy) is 1. The number of H-pyrrole nitrogens is 1. The summed E-state index contributed by atoms with van der Waals surface area (Å²) in [6.07, 6.45) is 0.558. The molecule has 10 heteroatoms. The third-order valence-electron chi connectivity index (χ3n) is 9.13. The van der Waals surface area contributed by atoms with Crippen LogP contribution in [0.4, 0.5) is 0 Å². The standard InChI is InChI=1S/C30H28N2O6S2/c1-14-2-4-15(5-3-14)13-38-17-8-6-16(7-9-17)21-22-18-12-19(25(22)39-27-26(21)40-30(37)31-27)24-23(18)28(35)32(29(24)36)11-10-20(33)34/h2-9,18-19,21-25H,10-13H2,1H3,(H,31,37)(H,33,34)/t18?,19?,21-,22?,23?,24?,25?/m1/s1. The second-order valence-electron chi connectivity index (χ2n) is 11.3. The first-order valence-corrected chi connectivity index (χ1v) is 15.2. The molecule has 3 heterocycles. The second-order valence-corrected chi connectivity index (χ2v) is 13.5. The summed E-state index contributed by atoms with van der Waals surface area (Å²) in [5.41, 5.74) is 3.36. The Balaban J connectivity index is 1.18. The number of nitrogens with one attached hydrogen (secondary N) is 1. The van der Waals surface area contributed by atoms with Crippen molar-refractivity contribution in [3.63, 3.8) is 0 Å². The molecule has 3 fully saturated rings. The van der Waals surface area contributed by atoms with Crippen LogP contribution in [0.1, 0.15) is 40.3 Å². The Bertz CT molecular complexity index is 1560. The number of likely N-dealkylation sites (tertiary alicyclic amines) is 1. The minimum atomic E-state index is -1.02. The van der Waals surface area contributed by atoms with E-state index in [-0.39, 0.29) is 58.6 Å². The zero-order valence-electron chi connectivity index (χ0n) is 21.7. The highest BCUT2D eigenvalue weighted by molar-refractivity contribution is 8.00. The van der Waals surface area contributed by atoms with Gasteiger partial charge < -0.3 is 14.8 Å². The van der Waals surface area contributed by atoms with E-state index in [4.69, 9.17) is 9.84 Å². The molecule has 206 valence electrons. The van der Waals surface area contributed by atoms with E-state index >= 15 is 0 Å². The van der Waals surface area contributed by atoms with Gasteiger partial charge in [0.1, 0.15) is 12.4 Å². The Morgan fingerprint density at radius 3 is 2.42 bits per heavy atom. The van der Waals surface area contributed by atoms with Crippen LogP contribution in [0, 0.1) is 36.5 Å². The third-order valence-corrected chi connectivity index (χ3v) is 11.7. The number of hydrogen-bond donors (Lipinski definition) is 2. The van der Waals surface area contributed by atoms with Gasteiger partial charge in [-0.25, -0.2) is 0 Å². The molecule has 0 spiro atoms. The summed E-state index contributed by atoms with van der Waals surface area (Å²) in [7, 11) is 0. The van der Waals surface area contributed by atoms with E-state index in [1.54, 1.807) is 11.8 Å². The molecule has 2 amide bonds. The van der Waals surface area contributed by atoms with Gasteiger partial charge in [0.15, 0.2) is 0 Å². The van der Waals surface area contributed by atoms with E-state index in [1.807, 2.05) is 12.1 Å². The van der Waals surface area contributed by atoms with Crippen molar-refractivity contribution in [2.24, 2.45) is 29.6 Å². The highest BCUT2D eigenvalue weighted by atomic mass is 32.2.